The number of fused-ring (bicyclic) bond motifs is 1. The lowest BCUT2D eigenvalue weighted by Gasteiger charge is -2.35. The van der Waals surface area contributed by atoms with Crippen LogP contribution in [0.4, 0.5) is 5.95 Å². The van der Waals surface area contributed by atoms with E-state index in [2.05, 4.69) is 34.1 Å². The lowest BCUT2D eigenvalue weighted by atomic mass is 10.00. The average molecular weight is 464 g/mol. The third-order valence-electron chi connectivity index (χ3n) is 6.35. The van der Waals surface area contributed by atoms with E-state index >= 15 is 0 Å². The molecule has 1 aromatic heterocycles. The van der Waals surface area contributed by atoms with Gasteiger partial charge in [-0.3, -0.25) is 19.5 Å². The number of nitrogens with zero attached hydrogens (tertiary/aromatic N) is 4. The van der Waals surface area contributed by atoms with Gasteiger partial charge in [0, 0.05) is 51.9 Å². The van der Waals surface area contributed by atoms with Crippen LogP contribution in [-0.4, -0.2) is 58.4 Å². The van der Waals surface area contributed by atoms with Crippen molar-refractivity contribution < 1.29 is 4.79 Å². The molecular weight excluding hydrogens is 438 g/mol. The van der Waals surface area contributed by atoms with Gasteiger partial charge in [-0.1, -0.05) is 48.0 Å². The predicted octanol–water partition coefficient (Wildman–Crippen LogP) is 2.94. The van der Waals surface area contributed by atoms with Crippen molar-refractivity contribution in [1.29, 1.82) is 0 Å². The molecule has 8 heteroatoms. The molecule has 3 heterocycles. The van der Waals surface area contributed by atoms with Crippen LogP contribution in [0.3, 0.4) is 0 Å². The Balaban J connectivity index is 1.24. The molecule has 1 N–H and O–H groups in total. The zero-order valence-corrected chi connectivity index (χ0v) is 19.1. The standard InChI is InChI=1S/C25H26ClN5O2/c26-22-8-4-3-7-21(22)24(33)30-11-13-31(14-12-30)25-27-20(15-23(32)28-25)17-29-10-9-18-5-1-2-6-19(18)16-29/h1-8,15H,9-14,16-17H2,(H,27,28,32). The monoisotopic (exact) mass is 463 g/mol. The number of hydrogen-bond acceptors (Lipinski definition) is 5. The molecule has 33 heavy (non-hydrogen) atoms. The minimum atomic E-state index is -0.151. The van der Waals surface area contributed by atoms with E-state index in [1.165, 1.54) is 11.1 Å². The molecule has 0 saturated carbocycles. The van der Waals surface area contributed by atoms with Gasteiger partial charge < -0.3 is 9.80 Å². The van der Waals surface area contributed by atoms with Gasteiger partial charge in [0.15, 0.2) is 0 Å². The number of piperazine rings is 1. The average Bonchev–Trinajstić information content (AvgIpc) is 2.83. The van der Waals surface area contributed by atoms with Crippen LogP contribution >= 0.6 is 11.6 Å². The molecule has 0 radical (unpaired) electrons. The number of aromatic amines is 1. The summed E-state index contributed by atoms with van der Waals surface area (Å²) < 4.78 is 0. The molecule has 7 nitrogen and oxygen atoms in total. The maximum absolute atomic E-state index is 12.8. The van der Waals surface area contributed by atoms with Gasteiger partial charge in [-0.2, -0.15) is 0 Å². The summed E-state index contributed by atoms with van der Waals surface area (Å²) in [6.07, 6.45) is 1.01. The first-order valence-corrected chi connectivity index (χ1v) is 11.6. The summed E-state index contributed by atoms with van der Waals surface area (Å²) in [6, 6.07) is 17.2. The minimum absolute atomic E-state index is 0.0687. The highest BCUT2D eigenvalue weighted by Crippen LogP contribution is 2.21. The largest absolute Gasteiger partial charge is 0.339 e. The fraction of sp³-hybridized carbons (Fsp3) is 0.320. The number of aromatic nitrogens is 2. The first kappa shape index (κ1) is 21.7. The van der Waals surface area contributed by atoms with E-state index in [-0.39, 0.29) is 11.5 Å². The van der Waals surface area contributed by atoms with Gasteiger partial charge in [0.2, 0.25) is 5.95 Å². The normalized spacial score (nSPS) is 16.5. The van der Waals surface area contributed by atoms with Crippen molar-refractivity contribution in [3.8, 4) is 0 Å². The van der Waals surface area contributed by atoms with Gasteiger partial charge in [0.1, 0.15) is 0 Å². The number of nitrogens with one attached hydrogen (secondary N) is 1. The smallest absolute Gasteiger partial charge is 0.255 e. The second-order valence-electron chi connectivity index (χ2n) is 8.55. The zero-order valence-electron chi connectivity index (χ0n) is 18.3. The minimum Gasteiger partial charge on any atom is -0.339 e. The van der Waals surface area contributed by atoms with Crippen LogP contribution in [0.15, 0.2) is 59.4 Å². The molecule has 0 atom stereocenters. The predicted molar refractivity (Wildman–Crippen MR) is 129 cm³/mol. The van der Waals surface area contributed by atoms with Crippen molar-refractivity contribution in [2.24, 2.45) is 0 Å². The van der Waals surface area contributed by atoms with Crippen molar-refractivity contribution in [2.75, 3.05) is 37.6 Å². The molecule has 2 aliphatic rings. The second kappa shape index (κ2) is 9.37. The topological polar surface area (TPSA) is 72.5 Å². The number of rotatable bonds is 4. The Labute approximate surface area is 197 Å². The second-order valence-corrected chi connectivity index (χ2v) is 8.96. The highest BCUT2D eigenvalue weighted by atomic mass is 35.5. The Bertz CT molecular complexity index is 1220. The molecule has 2 aromatic carbocycles. The van der Waals surface area contributed by atoms with Crippen LogP contribution in [0.5, 0.6) is 0 Å². The van der Waals surface area contributed by atoms with Crippen LogP contribution in [0.25, 0.3) is 0 Å². The van der Waals surface area contributed by atoms with Gasteiger partial charge in [0.25, 0.3) is 11.5 Å². The Morgan fingerprint density at radius 1 is 0.970 bits per heavy atom. The first-order chi connectivity index (χ1) is 16.1. The molecule has 0 aliphatic carbocycles. The Morgan fingerprint density at radius 2 is 1.70 bits per heavy atom. The summed E-state index contributed by atoms with van der Waals surface area (Å²) in [5.41, 5.74) is 3.87. The lowest BCUT2D eigenvalue weighted by Crippen LogP contribution is -2.49. The van der Waals surface area contributed by atoms with Crippen LogP contribution < -0.4 is 10.5 Å². The zero-order chi connectivity index (χ0) is 22.8. The quantitative estimate of drug-likeness (QED) is 0.644. The van der Waals surface area contributed by atoms with E-state index < -0.39 is 0 Å². The molecule has 1 saturated heterocycles. The molecule has 1 amide bonds. The third-order valence-corrected chi connectivity index (χ3v) is 6.68. The van der Waals surface area contributed by atoms with E-state index in [9.17, 15) is 9.59 Å². The fourth-order valence-corrected chi connectivity index (χ4v) is 4.79. The lowest BCUT2D eigenvalue weighted by molar-refractivity contribution is 0.0746. The molecule has 0 bridgehead atoms. The molecular formula is C25H26ClN5O2. The van der Waals surface area contributed by atoms with Crippen molar-refractivity contribution in [3.63, 3.8) is 0 Å². The van der Waals surface area contributed by atoms with Crippen LogP contribution in [0.1, 0.15) is 27.2 Å². The van der Waals surface area contributed by atoms with Crippen LogP contribution in [0.2, 0.25) is 5.02 Å². The molecule has 2 aliphatic heterocycles. The van der Waals surface area contributed by atoms with Gasteiger partial charge in [-0.15, -0.1) is 0 Å². The SMILES string of the molecule is O=C(c1ccccc1Cl)N1CCN(c2nc(CN3CCc4ccccc4C3)cc(=O)[nH]2)CC1. The van der Waals surface area contributed by atoms with Gasteiger partial charge in [-0.05, 0) is 29.7 Å². The summed E-state index contributed by atoms with van der Waals surface area (Å²) >= 11 is 6.19. The van der Waals surface area contributed by atoms with Crippen molar-refractivity contribution >= 4 is 23.5 Å². The summed E-state index contributed by atoms with van der Waals surface area (Å²) in [6.45, 7) is 4.73. The number of H-pyrrole nitrogens is 1. The van der Waals surface area contributed by atoms with Gasteiger partial charge in [-0.25, -0.2) is 4.98 Å². The highest BCUT2D eigenvalue weighted by Gasteiger charge is 2.25. The van der Waals surface area contributed by atoms with Gasteiger partial charge in [0.05, 0.1) is 16.3 Å². The van der Waals surface area contributed by atoms with Gasteiger partial charge >= 0.3 is 0 Å². The Kier molecular flexibility index (Phi) is 6.15. The van der Waals surface area contributed by atoms with Crippen LogP contribution in [0, 0.1) is 0 Å². The summed E-state index contributed by atoms with van der Waals surface area (Å²) in [5.74, 6) is 0.501. The number of benzene rings is 2. The molecule has 5 rings (SSSR count). The van der Waals surface area contributed by atoms with E-state index in [1.807, 2.05) is 17.0 Å². The summed E-state index contributed by atoms with van der Waals surface area (Å²) in [4.78, 5) is 39.0. The van der Waals surface area contributed by atoms with Crippen LogP contribution in [-0.2, 0) is 19.5 Å². The number of amides is 1. The highest BCUT2D eigenvalue weighted by molar-refractivity contribution is 6.33. The summed E-state index contributed by atoms with van der Waals surface area (Å²) in [7, 11) is 0. The van der Waals surface area contributed by atoms with Crippen molar-refractivity contribution in [2.45, 2.75) is 19.5 Å². The Hall–Kier alpha value is -3.16. The molecule has 0 spiro atoms. The maximum atomic E-state index is 12.8. The number of carbonyl (C=O) groups is 1. The van der Waals surface area contributed by atoms with Crippen molar-refractivity contribution in [3.05, 3.63) is 92.4 Å². The van der Waals surface area contributed by atoms with E-state index in [4.69, 9.17) is 16.6 Å². The van der Waals surface area contributed by atoms with E-state index in [0.717, 1.165) is 25.2 Å². The molecule has 1 fully saturated rings. The number of carbonyl (C=O) groups excluding carboxylic acids is 1. The molecule has 170 valence electrons. The molecule has 3 aromatic rings. The number of halogens is 1. The Morgan fingerprint density at radius 3 is 2.48 bits per heavy atom. The number of hydrogen-bond donors (Lipinski definition) is 1. The van der Waals surface area contributed by atoms with E-state index in [0.29, 0.717) is 49.3 Å². The maximum Gasteiger partial charge on any atom is 0.255 e. The first-order valence-electron chi connectivity index (χ1n) is 11.2. The van der Waals surface area contributed by atoms with Crippen molar-refractivity contribution in [1.82, 2.24) is 19.8 Å². The molecule has 0 unspecified atom stereocenters. The number of anilines is 1. The fourth-order valence-electron chi connectivity index (χ4n) is 4.57. The summed E-state index contributed by atoms with van der Waals surface area (Å²) in [5, 5.41) is 0.462. The van der Waals surface area contributed by atoms with E-state index in [1.54, 1.807) is 23.1 Å². The third kappa shape index (κ3) is 4.79.